The monoisotopic (exact) mass is 608 g/mol. The van der Waals surface area contributed by atoms with Crippen LogP contribution in [0.25, 0.3) is 11.0 Å². The first-order chi connectivity index (χ1) is 20.6. The minimum Gasteiger partial charge on any atom is -0.508 e. The van der Waals surface area contributed by atoms with Crippen molar-refractivity contribution in [2.24, 2.45) is 0 Å². The van der Waals surface area contributed by atoms with E-state index in [1.807, 2.05) is 48.9 Å². The number of esters is 1. The SMILES string of the molecule is CCOC(=O)CC(c1ccc(C)c(CN2Cc3cc(O)ccc3OS2(=O)=O)c1)c1ccc2c(nnn2CCCCO)c1C. The summed E-state index contributed by atoms with van der Waals surface area (Å²) in [6.07, 6.45) is 1.54. The summed E-state index contributed by atoms with van der Waals surface area (Å²) in [5.74, 6) is -0.497. The maximum absolute atomic E-state index is 13.0. The second kappa shape index (κ2) is 12.7. The molecule has 1 atom stereocenters. The fraction of sp³-hybridized carbons (Fsp3) is 0.387. The molecule has 1 aliphatic heterocycles. The van der Waals surface area contributed by atoms with Crippen molar-refractivity contribution < 1.29 is 32.3 Å². The van der Waals surface area contributed by atoms with Gasteiger partial charge in [-0.25, -0.2) is 4.68 Å². The molecule has 0 aliphatic carbocycles. The van der Waals surface area contributed by atoms with Crippen LogP contribution < -0.4 is 4.18 Å². The fourth-order valence-corrected chi connectivity index (χ4v) is 6.59. The number of nitrogens with zero attached hydrogens (tertiary/aromatic N) is 4. The van der Waals surface area contributed by atoms with Crippen LogP contribution in [0.1, 0.15) is 65.5 Å². The lowest BCUT2D eigenvalue weighted by atomic mass is 9.84. The van der Waals surface area contributed by atoms with E-state index in [2.05, 4.69) is 10.3 Å². The molecule has 0 bridgehead atoms. The van der Waals surface area contributed by atoms with E-state index in [9.17, 15) is 18.3 Å². The molecule has 2 N–H and O–H groups in total. The summed E-state index contributed by atoms with van der Waals surface area (Å²) in [6.45, 7) is 6.74. The minimum absolute atomic E-state index is 0.0270. The Labute approximate surface area is 250 Å². The molecule has 0 radical (unpaired) electrons. The number of phenolic OH excluding ortho intramolecular Hbond substituents is 1. The van der Waals surface area contributed by atoms with Gasteiger partial charge in [-0.3, -0.25) is 4.79 Å². The Bertz CT molecular complexity index is 1750. The van der Waals surface area contributed by atoms with Crippen molar-refractivity contribution >= 4 is 27.3 Å². The van der Waals surface area contributed by atoms with Crippen molar-refractivity contribution in [2.45, 2.75) is 65.6 Å². The zero-order chi connectivity index (χ0) is 30.7. The van der Waals surface area contributed by atoms with Crippen LogP contribution in [0, 0.1) is 13.8 Å². The van der Waals surface area contributed by atoms with Gasteiger partial charge in [0.1, 0.15) is 17.0 Å². The van der Waals surface area contributed by atoms with Crippen LogP contribution >= 0.6 is 0 Å². The molecule has 228 valence electrons. The molecule has 0 spiro atoms. The Hall–Kier alpha value is -4.00. The fourth-order valence-electron chi connectivity index (χ4n) is 5.50. The number of aryl methyl sites for hydroxylation is 3. The lowest BCUT2D eigenvalue weighted by Crippen LogP contribution is -2.37. The summed E-state index contributed by atoms with van der Waals surface area (Å²) < 4.78 is 39.7. The minimum atomic E-state index is -4.07. The van der Waals surface area contributed by atoms with Crippen LogP contribution in [-0.4, -0.2) is 57.1 Å². The van der Waals surface area contributed by atoms with Crippen molar-refractivity contribution in [3.05, 3.63) is 81.9 Å². The molecule has 2 heterocycles. The number of phenols is 1. The maximum atomic E-state index is 13.0. The summed E-state index contributed by atoms with van der Waals surface area (Å²) in [4.78, 5) is 12.8. The molecular weight excluding hydrogens is 572 g/mol. The number of fused-ring (bicyclic) bond motifs is 2. The highest BCUT2D eigenvalue weighted by molar-refractivity contribution is 7.84. The van der Waals surface area contributed by atoms with Crippen LogP contribution in [0.4, 0.5) is 0 Å². The number of hydrogen-bond donors (Lipinski definition) is 2. The van der Waals surface area contributed by atoms with Gasteiger partial charge < -0.3 is 19.1 Å². The van der Waals surface area contributed by atoms with E-state index in [4.69, 9.17) is 14.0 Å². The van der Waals surface area contributed by atoms with Gasteiger partial charge >= 0.3 is 16.3 Å². The smallest absolute Gasteiger partial charge is 0.385 e. The quantitative estimate of drug-likeness (QED) is 0.189. The van der Waals surface area contributed by atoms with Gasteiger partial charge in [0.15, 0.2) is 0 Å². The molecule has 0 saturated heterocycles. The zero-order valence-electron chi connectivity index (χ0n) is 24.5. The first-order valence-corrected chi connectivity index (χ1v) is 15.7. The number of carbonyl (C=O) groups excluding carboxylic acids is 1. The van der Waals surface area contributed by atoms with E-state index < -0.39 is 10.3 Å². The maximum Gasteiger partial charge on any atom is 0.385 e. The first-order valence-electron chi connectivity index (χ1n) is 14.3. The number of rotatable bonds is 11. The number of aromatic hydroxyl groups is 1. The highest BCUT2D eigenvalue weighted by Crippen LogP contribution is 2.36. The third-order valence-electron chi connectivity index (χ3n) is 7.84. The molecule has 43 heavy (non-hydrogen) atoms. The van der Waals surface area contributed by atoms with E-state index >= 15 is 0 Å². The number of unbranched alkanes of at least 4 members (excludes halogenated alkanes) is 1. The van der Waals surface area contributed by atoms with Crippen molar-refractivity contribution in [1.29, 1.82) is 0 Å². The standard InChI is InChI=1S/C31H36N4O7S/c1-4-41-30(38)17-27(26-10-11-28-31(21(26)3)32-33-35(28)13-5-6-14-36)22-8-7-20(2)23(15-22)18-34-19-24-16-25(37)9-12-29(24)42-43(34,39)40/h7-12,15-16,27,36-37H,4-6,13-14,17-19H2,1-3H3. The Balaban J connectivity index is 1.50. The summed E-state index contributed by atoms with van der Waals surface area (Å²) in [5.41, 5.74) is 6.45. The molecule has 1 aromatic heterocycles. The summed E-state index contributed by atoms with van der Waals surface area (Å²) >= 11 is 0. The van der Waals surface area contributed by atoms with E-state index in [0.717, 1.165) is 45.3 Å². The van der Waals surface area contributed by atoms with E-state index in [1.54, 1.807) is 6.92 Å². The predicted octanol–water partition coefficient (Wildman–Crippen LogP) is 4.25. The lowest BCUT2D eigenvalue weighted by molar-refractivity contribution is -0.143. The number of ether oxygens (including phenoxy) is 1. The van der Waals surface area contributed by atoms with Crippen molar-refractivity contribution in [3.63, 3.8) is 0 Å². The molecule has 12 heteroatoms. The van der Waals surface area contributed by atoms with Crippen LogP contribution in [0.5, 0.6) is 11.5 Å². The van der Waals surface area contributed by atoms with E-state index in [-0.39, 0.29) is 56.1 Å². The average molecular weight is 609 g/mol. The number of benzene rings is 3. The topological polar surface area (TPSA) is 144 Å². The Morgan fingerprint density at radius 3 is 2.70 bits per heavy atom. The van der Waals surface area contributed by atoms with Gasteiger partial charge in [-0.1, -0.05) is 29.5 Å². The van der Waals surface area contributed by atoms with Gasteiger partial charge in [0.05, 0.1) is 18.5 Å². The number of aliphatic hydroxyl groups excluding tert-OH is 1. The van der Waals surface area contributed by atoms with E-state index in [1.165, 1.54) is 22.5 Å². The number of aromatic nitrogens is 3. The van der Waals surface area contributed by atoms with Crippen molar-refractivity contribution in [3.8, 4) is 11.5 Å². The second-order valence-electron chi connectivity index (χ2n) is 10.7. The van der Waals surface area contributed by atoms with Gasteiger partial charge in [-0.15, -0.1) is 5.10 Å². The molecule has 0 amide bonds. The zero-order valence-corrected chi connectivity index (χ0v) is 25.3. The molecule has 11 nitrogen and oxygen atoms in total. The molecule has 1 unspecified atom stereocenters. The van der Waals surface area contributed by atoms with Crippen LogP contribution in [0.15, 0.2) is 48.5 Å². The second-order valence-corrected chi connectivity index (χ2v) is 12.3. The third-order valence-corrected chi connectivity index (χ3v) is 9.12. The number of aliphatic hydroxyl groups is 1. The van der Waals surface area contributed by atoms with Crippen LogP contribution in [0.3, 0.4) is 0 Å². The lowest BCUT2D eigenvalue weighted by Gasteiger charge is -2.28. The third kappa shape index (κ3) is 6.51. The summed E-state index contributed by atoms with van der Waals surface area (Å²) in [7, 11) is -4.07. The van der Waals surface area contributed by atoms with Gasteiger partial charge in [-0.2, -0.15) is 12.7 Å². The first kappa shape index (κ1) is 30.5. The largest absolute Gasteiger partial charge is 0.508 e. The van der Waals surface area contributed by atoms with Crippen molar-refractivity contribution in [1.82, 2.24) is 19.3 Å². The van der Waals surface area contributed by atoms with Gasteiger partial charge in [0, 0.05) is 37.7 Å². The van der Waals surface area contributed by atoms with Crippen LogP contribution in [0.2, 0.25) is 0 Å². The summed E-state index contributed by atoms with van der Waals surface area (Å²) in [5, 5.41) is 27.8. The number of hydrogen-bond acceptors (Lipinski definition) is 9. The molecular formula is C31H36N4O7S. The van der Waals surface area contributed by atoms with Gasteiger partial charge in [0.25, 0.3) is 0 Å². The van der Waals surface area contributed by atoms with Crippen molar-refractivity contribution in [2.75, 3.05) is 13.2 Å². The average Bonchev–Trinajstić information content (AvgIpc) is 3.38. The summed E-state index contributed by atoms with van der Waals surface area (Å²) in [6, 6.07) is 14.1. The molecule has 0 fully saturated rings. The van der Waals surface area contributed by atoms with E-state index in [0.29, 0.717) is 18.5 Å². The Morgan fingerprint density at radius 2 is 1.93 bits per heavy atom. The molecule has 4 aromatic rings. The predicted molar refractivity (Wildman–Crippen MR) is 160 cm³/mol. The number of carbonyl (C=O) groups is 1. The van der Waals surface area contributed by atoms with Gasteiger partial charge in [0.2, 0.25) is 0 Å². The molecule has 1 aliphatic rings. The van der Waals surface area contributed by atoms with Crippen LogP contribution in [-0.2, 0) is 39.5 Å². The Morgan fingerprint density at radius 1 is 1.12 bits per heavy atom. The molecule has 0 saturated carbocycles. The Kier molecular flexibility index (Phi) is 9.00. The highest BCUT2D eigenvalue weighted by atomic mass is 32.2. The highest BCUT2D eigenvalue weighted by Gasteiger charge is 2.32. The van der Waals surface area contributed by atoms with Gasteiger partial charge in [-0.05, 0) is 85.7 Å². The molecule has 3 aromatic carbocycles. The normalized spacial score (nSPS) is 15.2. The molecule has 5 rings (SSSR count).